The molecule has 0 fully saturated rings. The van der Waals surface area contributed by atoms with E-state index in [-0.39, 0.29) is 6.03 Å². The lowest BCUT2D eigenvalue weighted by Gasteiger charge is -2.28. The van der Waals surface area contributed by atoms with Gasteiger partial charge in [-0.25, -0.2) is 14.8 Å². The Hall–Kier alpha value is -2.06. The van der Waals surface area contributed by atoms with Gasteiger partial charge in [0.25, 0.3) is 0 Å². The Morgan fingerprint density at radius 2 is 2.35 bits per heavy atom. The van der Waals surface area contributed by atoms with Crippen molar-refractivity contribution in [1.82, 2.24) is 15.3 Å². The molecule has 2 N–H and O–H groups in total. The lowest BCUT2D eigenvalue weighted by atomic mass is 10.1. The molecule has 3 heterocycles. The number of hydrogen-bond acceptors (Lipinski definition) is 6. The molecule has 1 aliphatic rings. The second-order valence-electron chi connectivity index (χ2n) is 5.98. The highest BCUT2D eigenvalue weighted by molar-refractivity contribution is 7.15. The first-order valence-electron chi connectivity index (χ1n) is 8.58. The number of thiazole rings is 1. The zero-order valence-electron chi connectivity index (χ0n) is 14.8. The quantitative estimate of drug-likeness (QED) is 0.576. The van der Waals surface area contributed by atoms with Gasteiger partial charge in [-0.2, -0.15) is 0 Å². The van der Waals surface area contributed by atoms with E-state index in [2.05, 4.69) is 32.4 Å². The maximum atomic E-state index is 11.9. The number of carbonyl (C=O) groups is 1. The first kappa shape index (κ1) is 18.7. The van der Waals surface area contributed by atoms with Crippen LogP contribution >= 0.6 is 22.9 Å². The molecule has 9 heteroatoms. The van der Waals surface area contributed by atoms with Gasteiger partial charge < -0.3 is 15.0 Å². The molecule has 0 saturated carbocycles. The molecule has 26 heavy (non-hydrogen) atoms. The van der Waals surface area contributed by atoms with Gasteiger partial charge in [0.2, 0.25) is 0 Å². The number of nitrogens with one attached hydrogen (secondary N) is 2. The lowest BCUT2D eigenvalue weighted by molar-refractivity contribution is 0.252. The standard InChI is InChI=1S/C17H22ClN5O2S/c1-3-4-6-19-16(24)22-17-21-12-5-7-23(10-14(12)26-17)11-8-13(25-2)15(18)20-9-11/h8-9H,3-7,10H2,1-2H3,(H2,19,21,22,24). The van der Waals surface area contributed by atoms with Crippen molar-refractivity contribution >= 4 is 39.8 Å². The second-order valence-corrected chi connectivity index (χ2v) is 7.42. The molecule has 0 saturated heterocycles. The predicted octanol–water partition coefficient (Wildman–Crippen LogP) is 3.68. The van der Waals surface area contributed by atoms with E-state index in [4.69, 9.17) is 16.3 Å². The van der Waals surface area contributed by atoms with Crippen LogP contribution in [0.5, 0.6) is 5.75 Å². The average molecular weight is 396 g/mol. The minimum atomic E-state index is -0.201. The molecule has 0 aromatic carbocycles. The molecule has 0 aliphatic carbocycles. The molecule has 2 aromatic rings. The maximum absolute atomic E-state index is 11.9. The van der Waals surface area contributed by atoms with Crippen LogP contribution in [0.25, 0.3) is 0 Å². The number of fused-ring (bicyclic) bond motifs is 1. The van der Waals surface area contributed by atoms with Crippen LogP contribution < -0.4 is 20.3 Å². The topological polar surface area (TPSA) is 79.4 Å². The van der Waals surface area contributed by atoms with Gasteiger partial charge in [0.1, 0.15) is 0 Å². The molecular formula is C17H22ClN5O2S. The summed E-state index contributed by atoms with van der Waals surface area (Å²) in [5.74, 6) is 0.561. The fraction of sp³-hybridized carbons (Fsp3) is 0.471. The fourth-order valence-corrected chi connectivity index (χ4v) is 3.92. The number of unbranched alkanes of at least 4 members (excludes halogenated alkanes) is 1. The smallest absolute Gasteiger partial charge is 0.321 e. The van der Waals surface area contributed by atoms with Gasteiger partial charge in [0.15, 0.2) is 16.0 Å². The monoisotopic (exact) mass is 395 g/mol. The van der Waals surface area contributed by atoms with E-state index >= 15 is 0 Å². The van der Waals surface area contributed by atoms with Gasteiger partial charge in [-0.05, 0) is 6.42 Å². The third kappa shape index (κ3) is 4.37. The Bertz CT molecular complexity index is 783. The summed E-state index contributed by atoms with van der Waals surface area (Å²) in [5.41, 5.74) is 2.00. The van der Waals surface area contributed by atoms with Gasteiger partial charge in [-0.3, -0.25) is 5.32 Å². The predicted molar refractivity (Wildman–Crippen MR) is 105 cm³/mol. The van der Waals surface area contributed by atoms with Crippen LogP contribution in [0.15, 0.2) is 12.3 Å². The normalized spacial score (nSPS) is 13.3. The number of nitrogens with zero attached hydrogens (tertiary/aromatic N) is 3. The highest BCUT2D eigenvalue weighted by Gasteiger charge is 2.22. The number of rotatable bonds is 6. The third-order valence-corrected chi connectivity index (χ3v) is 5.43. The van der Waals surface area contributed by atoms with Crippen molar-refractivity contribution in [3.63, 3.8) is 0 Å². The van der Waals surface area contributed by atoms with E-state index in [0.717, 1.165) is 48.6 Å². The van der Waals surface area contributed by atoms with Crippen LogP contribution in [-0.4, -0.2) is 36.2 Å². The second kappa shape index (κ2) is 8.55. The van der Waals surface area contributed by atoms with Crippen LogP contribution in [0.1, 0.15) is 30.3 Å². The minimum Gasteiger partial charge on any atom is -0.493 e. The molecular weight excluding hydrogens is 374 g/mol. The summed E-state index contributed by atoms with van der Waals surface area (Å²) in [6, 6.07) is 1.69. The largest absolute Gasteiger partial charge is 0.493 e. The number of carbonyl (C=O) groups excluding carboxylic acids is 1. The number of hydrogen-bond donors (Lipinski definition) is 2. The molecule has 0 atom stereocenters. The van der Waals surface area contributed by atoms with E-state index in [1.165, 1.54) is 11.3 Å². The van der Waals surface area contributed by atoms with E-state index in [0.29, 0.717) is 22.6 Å². The summed E-state index contributed by atoms with van der Waals surface area (Å²) in [6.45, 7) is 4.31. The Kier molecular flexibility index (Phi) is 6.16. The highest BCUT2D eigenvalue weighted by Crippen LogP contribution is 2.33. The number of halogens is 1. The summed E-state index contributed by atoms with van der Waals surface area (Å²) in [4.78, 5) is 24.0. The van der Waals surface area contributed by atoms with Crippen molar-refractivity contribution in [2.45, 2.75) is 32.7 Å². The van der Waals surface area contributed by atoms with Crippen molar-refractivity contribution in [2.75, 3.05) is 30.4 Å². The Labute approximate surface area is 161 Å². The summed E-state index contributed by atoms with van der Waals surface area (Å²) < 4.78 is 5.25. The Morgan fingerprint density at radius 3 is 3.12 bits per heavy atom. The van der Waals surface area contributed by atoms with Gasteiger partial charge in [-0.1, -0.05) is 36.3 Å². The molecule has 0 spiro atoms. The molecule has 2 aromatic heterocycles. The molecule has 140 valence electrons. The third-order valence-electron chi connectivity index (χ3n) is 4.15. The molecule has 7 nitrogen and oxygen atoms in total. The SMILES string of the molecule is CCCCNC(=O)Nc1nc2c(s1)CN(c1cnc(Cl)c(OC)c1)CC2. The number of methoxy groups -OCH3 is 1. The van der Waals surface area contributed by atoms with Crippen molar-refractivity contribution < 1.29 is 9.53 Å². The number of urea groups is 1. The zero-order chi connectivity index (χ0) is 18.5. The number of pyridine rings is 1. The van der Waals surface area contributed by atoms with E-state index < -0.39 is 0 Å². The summed E-state index contributed by atoms with van der Waals surface area (Å²) in [7, 11) is 1.58. The van der Waals surface area contributed by atoms with Crippen molar-refractivity contribution in [3.8, 4) is 5.75 Å². The van der Waals surface area contributed by atoms with Crippen LogP contribution in [0, 0.1) is 0 Å². The zero-order valence-corrected chi connectivity index (χ0v) is 16.4. The van der Waals surface area contributed by atoms with Gasteiger partial charge in [-0.15, -0.1) is 0 Å². The number of anilines is 2. The highest BCUT2D eigenvalue weighted by atomic mass is 35.5. The maximum Gasteiger partial charge on any atom is 0.321 e. The summed E-state index contributed by atoms with van der Waals surface area (Å²) >= 11 is 7.52. The molecule has 0 radical (unpaired) electrons. The number of aromatic nitrogens is 2. The Balaban J connectivity index is 1.65. The number of ether oxygens (including phenoxy) is 1. The fourth-order valence-electron chi connectivity index (χ4n) is 2.72. The molecule has 0 unspecified atom stereocenters. The molecule has 0 bridgehead atoms. The van der Waals surface area contributed by atoms with Crippen molar-refractivity contribution in [3.05, 3.63) is 28.0 Å². The van der Waals surface area contributed by atoms with Gasteiger partial charge >= 0.3 is 6.03 Å². The number of amides is 2. The van der Waals surface area contributed by atoms with Crippen LogP contribution in [0.2, 0.25) is 5.15 Å². The molecule has 1 aliphatic heterocycles. The lowest BCUT2D eigenvalue weighted by Crippen LogP contribution is -2.30. The molecule has 3 rings (SSSR count). The van der Waals surface area contributed by atoms with E-state index in [9.17, 15) is 4.79 Å². The average Bonchev–Trinajstić information content (AvgIpc) is 3.03. The minimum absolute atomic E-state index is 0.201. The van der Waals surface area contributed by atoms with Crippen LogP contribution in [0.3, 0.4) is 0 Å². The molecule has 2 amide bonds. The first-order valence-corrected chi connectivity index (χ1v) is 9.78. The van der Waals surface area contributed by atoms with Gasteiger partial charge in [0, 0.05) is 30.5 Å². The Morgan fingerprint density at radius 1 is 1.50 bits per heavy atom. The summed E-state index contributed by atoms with van der Waals surface area (Å²) in [5, 5.41) is 6.65. The van der Waals surface area contributed by atoms with Crippen LogP contribution in [0.4, 0.5) is 15.6 Å². The summed E-state index contributed by atoms with van der Waals surface area (Å²) in [6.07, 6.45) is 4.58. The van der Waals surface area contributed by atoms with Crippen molar-refractivity contribution in [1.29, 1.82) is 0 Å². The van der Waals surface area contributed by atoms with E-state index in [1.54, 1.807) is 13.3 Å². The van der Waals surface area contributed by atoms with Crippen LogP contribution in [-0.2, 0) is 13.0 Å². The van der Waals surface area contributed by atoms with E-state index in [1.807, 2.05) is 6.07 Å². The van der Waals surface area contributed by atoms with Crippen molar-refractivity contribution in [2.24, 2.45) is 0 Å². The first-order chi connectivity index (χ1) is 12.6. The van der Waals surface area contributed by atoms with Gasteiger partial charge in [0.05, 0.1) is 31.2 Å².